The lowest BCUT2D eigenvalue weighted by atomic mass is 9.82. The van der Waals surface area contributed by atoms with Gasteiger partial charge in [-0.05, 0) is 30.4 Å². The molecule has 0 spiro atoms. The van der Waals surface area contributed by atoms with Crippen molar-refractivity contribution in [3.8, 4) is 5.69 Å². The van der Waals surface area contributed by atoms with Crippen molar-refractivity contribution in [3.63, 3.8) is 0 Å². The quantitative estimate of drug-likeness (QED) is 0.740. The summed E-state index contributed by atoms with van der Waals surface area (Å²) in [7, 11) is 0. The molecule has 0 saturated heterocycles. The molecule has 100 valence electrons. The van der Waals surface area contributed by atoms with Gasteiger partial charge >= 0.3 is 0 Å². The summed E-state index contributed by atoms with van der Waals surface area (Å²) in [6, 6.07) is 10.2. The van der Waals surface area contributed by atoms with Crippen LogP contribution in [0.4, 0.5) is 0 Å². The molecule has 3 rings (SSSR count). The third-order valence-electron chi connectivity index (χ3n) is 4.27. The Hall–Kier alpha value is -1.28. The van der Waals surface area contributed by atoms with Crippen molar-refractivity contribution in [3.05, 3.63) is 48.3 Å². The Morgan fingerprint density at radius 2 is 1.89 bits per heavy atom. The number of rotatable bonds is 3. The number of nitrogens with zero attached hydrogens (tertiary/aromatic N) is 2. The van der Waals surface area contributed by atoms with Crippen molar-refractivity contribution in [2.75, 3.05) is 0 Å². The Morgan fingerprint density at radius 3 is 2.58 bits per heavy atom. The van der Waals surface area contributed by atoms with Crippen LogP contribution in [0.5, 0.6) is 0 Å². The maximum Gasteiger partial charge on any atom is 0.0669 e. The monoisotopic (exact) mass is 274 g/mol. The van der Waals surface area contributed by atoms with Crippen LogP contribution in [0.1, 0.15) is 43.5 Å². The highest BCUT2D eigenvalue weighted by atomic mass is 35.5. The molecule has 0 aliphatic heterocycles. The van der Waals surface area contributed by atoms with Gasteiger partial charge in [0.1, 0.15) is 0 Å². The molecule has 0 bridgehead atoms. The van der Waals surface area contributed by atoms with E-state index in [1.165, 1.54) is 25.7 Å². The molecule has 1 heterocycles. The molecule has 1 saturated carbocycles. The molecule has 2 nitrogen and oxygen atoms in total. The van der Waals surface area contributed by atoms with E-state index in [1.807, 2.05) is 29.1 Å². The Labute approximate surface area is 119 Å². The Balaban J connectivity index is 1.85. The maximum atomic E-state index is 6.70. The third kappa shape index (κ3) is 2.42. The molecule has 1 fully saturated rings. The summed E-state index contributed by atoms with van der Waals surface area (Å²) in [5.74, 6) is 0. The van der Waals surface area contributed by atoms with Gasteiger partial charge in [0, 0.05) is 11.8 Å². The number of hydrogen-bond acceptors (Lipinski definition) is 1. The van der Waals surface area contributed by atoms with Crippen molar-refractivity contribution in [1.82, 2.24) is 9.78 Å². The maximum absolute atomic E-state index is 6.70. The number of para-hydroxylation sites is 1. The molecule has 1 aromatic heterocycles. The van der Waals surface area contributed by atoms with Gasteiger partial charge in [-0.25, -0.2) is 4.68 Å². The van der Waals surface area contributed by atoms with E-state index in [-0.39, 0.29) is 10.8 Å². The fraction of sp³-hybridized carbons (Fsp3) is 0.438. The van der Waals surface area contributed by atoms with Gasteiger partial charge in [0.2, 0.25) is 0 Å². The summed E-state index contributed by atoms with van der Waals surface area (Å²) in [4.78, 5) is 0. The molecule has 1 aromatic carbocycles. The van der Waals surface area contributed by atoms with Gasteiger partial charge in [-0.2, -0.15) is 5.10 Å². The van der Waals surface area contributed by atoms with Crippen LogP contribution in [0, 0.1) is 5.41 Å². The molecule has 19 heavy (non-hydrogen) atoms. The molecule has 1 aliphatic rings. The molecule has 1 aliphatic carbocycles. The zero-order valence-corrected chi connectivity index (χ0v) is 12.0. The van der Waals surface area contributed by atoms with E-state index < -0.39 is 0 Å². The minimum Gasteiger partial charge on any atom is -0.241 e. The predicted molar refractivity (Wildman–Crippen MR) is 78.7 cm³/mol. The van der Waals surface area contributed by atoms with Crippen molar-refractivity contribution in [2.45, 2.75) is 38.0 Å². The first kappa shape index (κ1) is 12.7. The van der Waals surface area contributed by atoms with Crippen LogP contribution in [0.15, 0.2) is 42.7 Å². The van der Waals surface area contributed by atoms with Crippen molar-refractivity contribution < 1.29 is 0 Å². The summed E-state index contributed by atoms with van der Waals surface area (Å²) >= 11 is 6.70. The van der Waals surface area contributed by atoms with Gasteiger partial charge in [0.25, 0.3) is 0 Å². The second-order valence-corrected chi connectivity index (χ2v) is 6.21. The molecule has 0 N–H and O–H groups in total. The number of alkyl halides is 1. The molecule has 3 heteroatoms. The zero-order chi connectivity index (χ0) is 13.3. The summed E-state index contributed by atoms with van der Waals surface area (Å²) in [5, 5.41) is 4.50. The molecule has 1 unspecified atom stereocenters. The molecular formula is C16H19ClN2. The van der Waals surface area contributed by atoms with Crippen molar-refractivity contribution in [2.24, 2.45) is 5.41 Å². The SMILES string of the molecule is CC1(C(Cl)c2cnn(-c3ccccc3)c2)CCCC1. The van der Waals surface area contributed by atoms with Crippen LogP contribution in [-0.4, -0.2) is 9.78 Å². The van der Waals surface area contributed by atoms with Gasteiger partial charge in [0.15, 0.2) is 0 Å². The Morgan fingerprint density at radius 1 is 1.21 bits per heavy atom. The Kier molecular flexibility index (Phi) is 3.36. The summed E-state index contributed by atoms with van der Waals surface area (Å²) < 4.78 is 1.91. The van der Waals surface area contributed by atoms with E-state index in [9.17, 15) is 0 Å². The fourth-order valence-electron chi connectivity index (χ4n) is 3.03. The van der Waals surface area contributed by atoms with Crippen LogP contribution < -0.4 is 0 Å². The normalized spacial score (nSPS) is 19.5. The second-order valence-electron chi connectivity index (χ2n) is 5.78. The van der Waals surface area contributed by atoms with Crippen LogP contribution in [0.2, 0.25) is 0 Å². The molecule has 0 radical (unpaired) electrons. The average molecular weight is 275 g/mol. The number of benzene rings is 1. The predicted octanol–water partition coefficient (Wildman–Crippen LogP) is 4.73. The van der Waals surface area contributed by atoms with E-state index in [0.29, 0.717) is 0 Å². The van der Waals surface area contributed by atoms with E-state index in [1.54, 1.807) is 0 Å². The molecule has 0 amide bonds. The minimum atomic E-state index is 0.0625. The zero-order valence-electron chi connectivity index (χ0n) is 11.2. The van der Waals surface area contributed by atoms with Crippen LogP contribution >= 0.6 is 11.6 Å². The van der Waals surface area contributed by atoms with Gasteiger partial charge in [-0.3, -0.25) is 0 Å². The highest BCUT2D eigenvalue weighted by Crippen LogP contribution is 2.50. The van der Waals surface area contributed by atoms with Gasteiger partial charge < -0.3 is 0 Å². The lowest BCUT2D eigenvalue weighted by Crippen LogP contribution is -2.17. The van der Waals surface area contributed by atoms with E-state index in [4.69, 9.17) is 11.6 Å². The summed E-state index contributed by atoms with van der Waals surface area (Å²) in [6.45, 7) is 2.30. The van der Waals surface area contributed by atoms with Gasteiger partial charge in [0.05, 0.1) is 17.3 Å². The highest BCUT2D eigenvalue weighted by molar-refractivity contribution is 6.21. The van der Waals surface area contributed by atoms with E-state index in [0.717, 1.165) is 11.3 Å². The van der Waals surface area contributed by atoms with Crippen molar-refractivity contribution >= 4 is 11.6 Å². The lowest BCUT2D eigenvalue weighted by molar-refractivity contribution is 0.322. The lowest BCUT2D eigenvalue weighted by Gasteiger charge is -2.28. The molecule has 1 atom stereocenters. The summed E-state index contributed by atoms with van der Waals surface area (Å²) in [6.07, 6.45) is 9.01. The minimum absolute atomic E-state index is 0.0625. The highest BCUT2D eigenvalue weighted by Gasteiger charge is 2.37. The fourth-order valence-corrected chi connectivity index (χ4v) is 3.36. The van der Waals surface area contributed by atoms with E-state index in [2.05, 4.69) is 30.4 Å². The number of hydrogen-bond donors (Lipinski definition) is 0. The third-order valence-corrected chi connectivity index (χ3v) is 5.05. The largest absolute Gasteiger partial charge is 0.241 e. The van der Waals surface area contributed by atoms with Crippen molar-refractivity contribution in [1.29, 1.82) is 0 Å². The average Bonchev–Trinajstić information content (AvgIpc) is 3.09. The van der Waals surface area contributed by atoms with Crippen LogP contribution in [0.25, 0.3) is 5.69 Å². The molecule has 2 aromatic rings. The number of aromatic nitrogens is 2. The van der Waals surface area contributed by atoms with Gasteiger partial charge in [-0.1, -0.05) is 38.0 Å². The topological polar surface area (TPSA) is 17.8 Å². The standard InChI is InChI=1S/C16H19ClN2/c1-16(9-5-6-10-16)15(17)13-11-18-19(12-13)14-7-3-2-4-8-14/h2-4,7-8,11-12,15H,5-6,9-10H2,1H3. The smallest absolute Gasteiger partial charge is 0.0669 e. The van der Waals surface area contributed by atoms with E-state index >= 15 is 0 Å². The van der Waals surface area contributed by atoms with Gasteiger partial charge in [-0.15, -0.1) is 11.6 Å². The first-order valence-electron chi connectivity index (χ1n) is 6.93. The summed E-state index contributed by atoms with van der Waals surface area (Å²) in [5.41, 5.74) is 2.44. The number of halogens is 1. The second kappa shape index (κ2) is 5.01. The Bertz CT molecular complexity index is 541. The first-order chi connectivity index (χ1) is 9.19. The first-order valence-corrected chi connectivity index (χ1v) is 7.37. The van der Waals surface area contributed by atoms with Crippen LogP contribution in [0.3, 0.4) is 0 Å². The van der Waals surface area contributed by atoms with Crippen LogP contribution in [-0.2, 0) is 0 Å². The molecular weight excluding hydrogens is 256 g/mol.